The van der Waals surface area contributed by atoms with E-state index in [-0.39, 0.29) is 29.3 Å². The van der Waals surface area contributed by atoms with Gasteiger partial charge in [-0.3, -0.25) is 14.9 Å². The molecule has 1 aromatic carbocycles. The summed E-state index contributed by atoms with van der Waals surface area (Å²) in [6, 6.07) is 6.60. The van der Waals surface area contributed by atoms with Gasteiger partial charge in [-0.25, -0.2) is 0 Å². The smallest absolute Gasteiger partial charge is 0.269 e. The zero-order valence-electron chi connectivity index (χ0n) is 9.50. The SMILES string of the molecule is CC(C(N)=O)C1CC1c1cccc([N+](=O)[O-])c1. The lowest BCUT2D eigenvalue weighted by Gasteiger charge is -2.06. The normalized spacial score (nSPS) is 24.1. The van der Waals surface area contributed by atoms with Gasteiger partial charge in [0.2, 0.25) is 5.91 Å². The largest absolute Gasteiger partial charge is 0.369 e. The third-order valence-corrected chi connectivity index (χ3v) is 3.44. The van der Waals surface area contributed by atoms with Gasteiger partial charge < -0.3 is 5.73 Å². The van der Waals surface area contributed by atoms with Crippen molar-refractivity contribution in [2.75, 3.05) is 0 Å². The van der Waals surface area contributed by atoms with Crippen molar-refractivity contribution >= 4 is 11.6 Å². The van der Waals surface area contributed by atoms with Gasteiger partial charge in [0.25, 0.3) is 5.69 Å². The molecule has 17 heavy (non-hydrogen) atoms. The van der Waals surface area contributed by atoms with E-state index >= 15 is 0 Å². The van der Waals surface area contributed by atoms with Crippen molar-refractivity contribution in [3.8, 4) is 0 Å². The van der Waals surface area contributed by atoms with Crippen LogP contribution in [0.15, 0.2) is 24.3 Å². The molecule has 5 heteroatoms. The minimum atomic E-state index is -0.404. The fourth-order valence-electron chi connectivity index (χ4n) is 2.23. The Labute approximate surface area is 98.8 Å². The summed E-state index contributed by atoms with van der Waals surface area (Å²) < 4.78 is 0. The predicted molar refractivity (Wildman–Crippen MR) is 62.3 cm³/mol. The fraction of sp³-hybridized carbons (Fsp3) is 0.417. The number of amides is 1. The number of nitro benzene ring substituents is 1. The average Bonchev–Trinajstić information content (AvgIpc) is 3.08. The number of non-ortho nitro benzene ring substituents is 1. The second-order valence-corrected chi connectivity index (χ2v) is 4.55. The van der Waals surface area contributed by atoms with E-state index in [2.05, 4.69) is 0 Å². The molecule has 1 fully saturated rings. The van der Waals surface area contributed by atoms with Gasteiger partial charge in [0.05, 0.1) is 4.92 Å². The molecular weight excluding hydrogens is 220 g/mol. The lowest BCUT2D eigenvalue weighted by molar-refractivity contribution is -0.384. The number of nitro groups is 1. The van der Waals surface area contributed by atoms with Crippen LogP contribution in [0, 0.1) is 22.0 Å². The van der Waals surface area contributed by atoms with Gasteiger partial charge in [0.1, 0.15) is 0 Å². The molecule has 0 heterocycles. The topological polar surface area (TPSA) is 86.2 Å². The standard InChI is InChI=1S/C12H14N2O3/c1-7(12(13)15)10-6-11(10)8-3-2-4-9(5-8)14(16)17/h2-5,7,10-11H,6H2,1H3,(H2,13,15). The van der Waals surface area contributed by atoms with E-state index in [9.17, 15) is 14.9 Å². The van der Waals surface area contributed by atoms with Crippen molar-refractivity contribution in [2.24, 2.45) is 17.6 Å². The molecule has 3 unspecified atom stereocenters. The Morgan fingerprint density at radius 1 is 1.59 bits per heavy atom. The van der Waals surface area contributed by atoms with Crippen molar-refractivity contribution in [3.63, 3.8) is 0 Å². The van der Waals surface area contributed by atoms with E-state index in [0.29, 0.717) is 0 Å². The maximum Gasteiger partial charge on any atom is 0.269 e. The third-order valence-electron chi connectivity index (χ3n) is 3.44. The highest BCUT2D eigenvalue weighted by Crippen LogP contribution is 2.52. The fourth-order valence-corrected chi connectivity index (χ4v) is 2.23. The molecule has 3 atom stereocenters. The van der Waals surface area contributed by atoms with Crippen LogP contribution in [-0.2, 0) is 4.79 Å². The van der Waals surface area contributed by atoms with E-state index < -0.39 is 4.92 Å². The Hall–Kier alpha value is -1.91. The van der Waals surface area contributed by atoms with Gasteiger partial charge >= 0.3 is 0 Å². The van der Waals surface area contributed by atoms with Gasteiger partial charge in [-0.05, 0) is 23.8 Å². The monoisotopic (exact) mass is 234 g/mol. The van der Waals surface area contributed by atoms with Crippen LogP contribution in [0.25, 0.3) is 0 Å². The molecule has 2 rings (SSSR count). The maximum atomic E-state index is 11.0. The van der Waals surface area contributed by atoms with Gasteiger partial charge in [-0.2, -0.15) is 0 Å². The molecule has 1 amide bonds. The first kappa shape index (κ1) is 11.6. The van der Waals surface area contributed by atoms with E-state index in [1.807, 2.05) is 13.0 Å². The van der Waals surface area contributed by atoms with Crippen LogP contribution in [-0.4, -0.2) is 10.8 Å². The van der Waals surface area contributed by atoms with Crippen LogP contribution in [0.5, 0.6) is 0 Å². The van der Waals surface area contributed by atoms with Crippen LogP contribution in [0.3, 0.4) is 0 Å². The molecule has 0 saturated heterocycles. The number of nitrogens with two attached hydrogens (primary N) is 1. The van der Waals surface area contributed by atoms with Gasteiger partial charge in [0, 0.05) is 18.1 Å². The second kappa shape index (κ2) is 4.16. The Kier molecular flexibility index (Phi) is 2.83. The molecule has 5 nitrogen and oxygen atoms in total. The number of hydrogen-bond donors (Lipinski definition) is 1. The van der Waals surface area contributed by atoms with Gasteiger partial charge in [0.15, 0.2) is 0 Å². The van der Waals surface area contributed by atoms with Crippen LogP contribution in [0.2, 0.25) is 0 Å². The van der Waals surface area contributed by atoms with Crippen molar-refractivity contribution in [1.82, 2.24) is 0 Å². The summed E-state index contributed by atoms with van der Waals surface area (Å²) in [5, 5.41) is 10.7. The number of nitrogens with zero attached hydrogens (tertiary/aromatic N) is 1. The zero-order valence-corrected chi connectivity index (χ0v) is 9.50. The second-order valence-electron chi connectivity index (χ2n) is 4.55. The summed E-state index contributed by atoms with van der Waals surface area (Å²) in [4.78, 5) is 21.3. The highest BCUT2D eigenvalue weighted by molar-refractivity contribution is 5.77. The molecular formula is C12H14N2O3. The number of benzene rings is 1. The summed E-state index contributed by atoms with van der Waals surface area (Å²) in [6.45, 7) is 1.81. The highest BCUT2D eigenvalue weighted by atomic mass is 16.6. The van der Waals surface area contributed by atoms with Crippen molar-refractivity contribution in [1.29, 1.82) is 0 Å². The number of carbonyl (C=O) groups is 1. The van der Waals surface area contributed by atoms with E-state index in [1.165, 1.54) is 6.07 Å². The molecule has 2 N–H and O–H groups in total. The number of hydrogen-bond acceptors (Lipinski definition) is 3. The van der Waals surface area contributed by atoms with E-state index in [0.717, 1.165) is 12.0 Å². The molecule has 1 aliphatic rings. The predicted octanol–water partition coefficient (Wildman–Crippen LogP) is 1.82. The Morgan fingerprint density at radius 2 is 2.29 bits per heavy atom. The quantitative estimate of drug-likeness (QED) is 0.636. The molecule has 0 spiro atoms. The van der Waals surface area contributed by atoms with Crippen molar-refractivity contribution in [3.05, 3.63) is 39.9 Å². The summed E-state index contributed by atoms with van der Waals surface area (Å²) in [5.74, 6) is -0.00547. The Balaban J connectivity index is 2.13. The molecule has 0 aliphatic heterocycles. The first-order chi connectivity index (χ1) is 8.00. The summed E-state index contributed by atoms with van der Waals surface area (Å²) >= 11 is 0. The van der Waals surface area contributed by atoms with Crippen molar-refractivity contribution in [2.45, 2.75) is 19.3 Å². The molecule has 0 radical (unpaired) electrons. The molecule has 90 valence electrons. The van der Waals surface area contributed by atoms with Crippen LogP contribution in [0.1, 0.15) is 24.8 Å². The first-order valence-corrected chi connectivity index (χ1v) is 5.54. The molecule has 0 aromatic heterocycles. The van der Waals surface area contributed by atoms with Gasteiger partial charge in [-0.1, -0.05) is 19.1 Å². The first-order valence-electron chi connectivity index (χ1n) is 5.54. The average molecular weight is 234 g/mol. The molecule has 0 bridgehead atoms. The molecule has 1 saturated carbocycles. The van der Waals surface area contributed by atoms with Gasteiger partial charge in [-0.15, -0.1) is 0 Å². The number of carbonyl (C=O) groups excluding carboxylic acids is 1. The van der Waals surface area contributed by atoms with E-state index in [4.69, 9.17) is 5.73 Å². The number of primary amides is 1. The minimum Gasteiger partial charge on any atom is -0.369 e. The van der Waals surface area contributed by atoms with Crippen molar-refractivity contribution < 1.29 is 9.72 Å². The Morgan fingerprint density at radius 3 is 2.88 bits per heavy atom. The Bertz CT molecular complexity index is 473. The summed E-state index contributed by atoms with van der Waals surface area (Å²) in [6.07, 6.45) is 0.880. The van der Waals surface area contributed by atoms with Crippen LogP contribution in [0.4, 0.5) is 5.69 Å². The van der Waals surface area contributed by atoms with E-state index in [1.54, 1.807) is 12.1 Å². The molecule has 1 aliphatic carbocycles. The highest BCUT2D eigenvalue weighted by Gasteiger charge is 2.44. The number of rotatable bonds is 4. The summed E-state index contributed by atoms with van der Waals surface area (Å²) in [7, 11) is 0. The third kappa shape index (κ3) is 2.27. The minimum absolute atomic E-state index is 0.0971. The summed E-state index contributed by atoms with van der Waals surface area (Å²) in [5.41, 5.74) is 6.27. The zero-order chi connectivity index (χ0) is 12.6. The lowest BCUT2D eigenvalue weighted by atomic mass is 10.0. The lowest BCUT2D eigenvalue weighted by Crippen LogP contribution is -2.22. The maximum absolute atomic E-state index is 11.0. The molecule has 1 aromatic rings. The van der Waals surface area contributed by atoms with Crippen LogP contribution >= 0.6 is 0 Å². The van der Waals surface area contributed by atoms with Crippen LogP contribution < -0.4 is 5.73 Å².